The molecule has 0 radical (unpaired) electrons. The number of piperidine rings is 1. The predicted molar refractivity (Wildman–Crippen MR) is 151 cm³/mol. The average molecular weight is 548 g/mol. The smallest absolute Gasteiger partial charge is 0.339 e. The van der Waals surface area contributed by atoms with E-state index in [2.05, 4.69) is 9.88 Å². The van der Waals surface area contributed by atoms with Crippen LogP contribution in [0.1, 0.15) is 65.7 Å². The Kier molecular flexibility index (Phi) is 8.29. The van der Waals surface area contributed by atoms with Crippen LogP contribution in [0.25, 0.3) is 10.9 Å². The lowest BCUT2D eigenvalue weighted by atomic mass is 9.76. The molecule has 2 aromatic carbocycles. The maximum atomic E-state index is 13.1. The van der Waals surface area contributed by atoms with Gasteiger partial charge in [-0.05, 0) is 94.8 Å². The molecular weight excluding hydrogens is 514 g/mol. The van der Waals surface area contributed by atoms with E-state index in [0.717, 1.165) is 51.7 Å². The lowest BCUT2D eigenvalue weighted by Gasteiger charge is -2.38. The van der Waals surface area contributed by atoms with Gasteiger partial charge < -0.3 is 15.4 Å². The third-order valence-corrected chi connectivity index (χ3v) is 8.80. The van der Waals surface area contributed by atoms with Gasteiger partial charge >= 0.3 is 5.97 Å². The predicted octanol–water partition coefficient (Wildman–Crippen LogP) is 5.44. The number of rotatable bonds is 8. The monoisotopic (exact) mass is 547 g/mol. The van der Waals surface area contributed by atoms with Crippen LogP contribution in [0, 0.1) is 11.8 Å². The Morgan fingerprint density at radius 3 is 2.36 bits per heavy atom. The number of ketones is 1. The van der Waals surface area contributed by atoms with Gasteiger partial charge in [0, 0.05) is 23.1 Å². The van der Waals surface area contributed by atoms with Gasteiger partial charge in [0.25, 0.3) is 5.91 Å². The van der Waals surface area contributed by atoms with Crippen molar-refractivity contribution < 1.29 is 19.1 Å². The van der Waals surface area contributed by atoms with Crippen LogP contribution >= 0.6 is 11.6 Å². The van der Waals surface area contributed by atoms with Gasteiger partial charge in [-0.25, -0.2) is 4.79 Å². The molecule has 3 aromatic rings. The van der Waals surface area contributed by atoms with Gasteiger partial charge in [-0.2, -0.15) is 0 Å². The number of ether oxygens (including phenoxy) is 1. The first-order chi connectivity index (χ1) is 18.9. The minimum Gasteiger partial charge on any atom is -0.445 e. The number of aromatic nitrogens is 1. The molecule has 2 N–H and O–H groups in total. The average Bonchev–Trinajstić information content (AvgIpc) is 2.96. The summed E-state index contributed by atoms with van der Waals surface area (Å²) in [5, 5.41) is 1.21. The Morgan fingerprint density at radius 2 is 1.64 bits per heavy atom. The van der Waals surface area contributed by atoms with E-state index in [1.807, 2.05) is 42.5 Å². The topological polar surface area (TPSA) is 103 Å². The van der Waals surface area contributed by atoms with E-state index >= 15 is 0 Å². The zero-order valence-electron chi connectivity index (χ0n) is 22.0. The summed E-state index contributed by atoms with van der Waals surface area (Å²) in [6.07, 6.45) is 6.64. The highest BCUT2D eigenvalue weighted by Gasteiger charge is 2.44. The number of primary amides is 1. The molecule has 7 nitrogen and oxygen atoms in total. The molecule has 1 aliphatic heterocycles. The fourth-order valence-corrected chi connectivity index (χ4v) is 6.23. The highest BCUT2D eigenvalue weighted by Crippen LogP contribution is 2.38. The summed E-state index contributed by atoms with van der Waals surface area (Å²) < 4.78 is 5.86. The van der Waals surface area contributed by atoms with Crippen molar-refractivity contribution >= 4 is 40.2 Å². The Balaban J connectivity index is 1.12. The third kappa shape index (κ3) is 5.99. The van der Waals surface area contributed by atoms with Crippen molar-refractivity contribution in [2.75, 3.05) is 19.6 Å². The molecule has 204 valence electrons. The molecule has 0 unspecified atom stereocenters. The van der Waals surface area contributed by atoms with Crippen molar-refractivity contribution in [2.45, 2.75) is 50.5 Å². The first-order valence-electron chi connectivity index (χ1n) is 13.7. The molecule has 5 rings (SSSR count). The van der Waals surface area contributed by atoms with Crippen LogP contribution in [0.2, 0.25) is 5.02 Å². The van der Waals surface area contributed by atoms with E-state index in [9.17, 15) is 14.4 Å². The van der Waals surface area contributed by atoms with Gasteiger partial charge in [0.05, 0.1) is 16.1 Å². The molecule has 39 heavy (non-hydrogen) atoms. The van der Waals surface area contributed by atoms with Crippen LogP contribution in [0.3, 0.4) is 0 Å². The highest BCUT2D eigenvalue weighted by molar-refractivity contribution is 6.34. The third-order valence-electron chi connectivity index (χ3n) is 8.47. The number of carbonyl (C=O) groups excluding carboxylic acids is 3. The number of pyridine rings is 1. The summed E-state index contributed by atoms with van der Waals surface area (Å²) in [4.78, 5) is 45.3. The minimum atomic E-state index is -1.28. The number of amides is 1. The number of para-hydroxylation sites is 1. The number of hydrogen-bond acceptors (Lipinski definition) is 6. The first kappa shape index (κ1) is 27.3. The first-order valence-corrected chi connectivity index (χ1v) is 14.1. The van der Waals surface area contributed by atoms with Crippen molar-refractivity contribution in [3.63, 3.8) is 0 Å². The second-order valence-corrected chi connectivity index (χ2v) is 11.2. The molecule has 2 fully saturated rings. The Labute approximate surface area is 233 Å². The number of hydrogen-bond donors (Lipinski definition) is 1. The van der Waals surface area contributed by atoms with Crippen LogP contribution < -0.4 is 5.73 Å². The molecule has 1 aliphatic carbocycles. The zero-order chi connectivity index (χ0) is 27.4. The number of halogens is 1. The lowest BCUT2D eigenvalue weighted by molar-refractivity contribution is -0.142. The van der Waals surface area contributed by atoms with E-state index in [0.29, 0.717) is 45.8 Å². The van der Waals surface area contributed by atoms with Crippen LogP contribution in [0.5, 0.6) is 0 Å². The van der Waals surface area contributed by atoms with Crippen molar-refractivity contribution in [1.29, 1.82) is 0 Å². The lowest BCUT2D eigenvalue weighted by Crippen LogP contribution is -2.50. The van der Waals surface area contributed by atoms with E-state index in [1.165, 1.54) is 0 Å². The van der Waals surface area contributed by atoms with E-state index in [4.69, 9.17) is 22.1 Å². The molecule has 1 saturated carbocycles. The summed E-state index contributed by atoms with van der Waals surface area (Å²) in [6, 6.07) is 16.2. The molecule has 1 aromatic heterocycles. The zero-order valence-corrected chi connectivity index (χ0v) is 22.7. The van der Waals surface area contributed by atoms with Gasteiger partial charge in [0.15, 0.2) is 11.4 Å². The number of fused-ring (bicyclic) bond motifs is 1. The SMILES string of the molecule is NC(=O)C1(OC(=O)c2ccnc3ccccc23)CCC(CCN2CCC(C(=O)c3ccccc3Cl)CC2)CC1. The Bertz CT molecular complexity index is 1360. The van der Waals surface area contributed by atoms with Gasteiger partial charge in [0.1, 0.15) is 0 Å². The van der Waals surface area contributed by atoms with E-state index in [-0.39, 0.29) is 11.7 Å². The maximum Gasteiger partial charge on any atom is 0.339 e. The van der Waals surface area contributed by atoms with E-state index < -0.39 is 17.5 Å². The number of Topliss-reactive ketones (excluding diaryl/α,β-unsaturated/α-hetero) is 1. The summed E-state index contributed by atoms with van der Waals surface area (Å²) >= 11 is 6.23. The second-order valence-electron chi connectivity index (χ2n) is 10.8. The molecule has 2 heterocycles. The fraction of sp³-hybridized carbons (Fsp3) is 0.419. The number of carbonyl (C=O) groups is 3. The number of nitrogens with two attached hydrogens (primary N) is 1. The maximum absolute atomic E-state index is 13.1. The second kappa shape index (κ2) is 11.8. The minimum absolute atomic E-state index is 0.0132. The molecule has 0 atom stereocenters. The van der Waals surface area contributed by atoms with Crippen LogP contribution in [-0.2, 0) is 9.53 Å². The molecule has 0 bridgehead atoms. The number of esters is 1. The molecule has 1 saturated heterocycles. The van der Waals surface area contributed by atoms with Crippen LogP contribution in [0.4, 0.5) is 0 Å². The Morgan fingerprint density at radius 1 is 0.949 bits per heavy atom. The summed E-state index contributed by atoms with van der Waals surface area (Å²) in [5.41, 5.74) is 6.22. The van der Waals surface area contributed by atoms with Crippen molar-refractivity contribution in [1.82, 2.24) is 9.88 Å². The molecule has 1 amide bonds. The largest absolute Gasteiger partial charge is 0.445 e. The normalized spacial score (nSPS) is 22.4. The number of likely N-dealkylation sites (tertiary alicyclic amines) is 1. The summed E-state index contributed by atoms with van der Waals surface area (Å²) in [7, 11) is 0. The molecule has 0 spiro atoms. The standard InChI is InChI=1S/C31H34ClN3O4/c32-26-7-3-1-6-25(26)28(36)22-13-19-35(20-14-22)18-12-21-9-15-31(16-10-21,30(33)38)39-29(37)24-11-17-34-27-8-4-2-5-23(24)27/h1-8,11,17,21-22H,9-10,12-16,18-20H2,(H2,33,38). The van der Waals surface area contributed by atoms with Crippen molar-refractivity contribution in [3.8, 4) is 0 Å². The molecular formula is C31H34ClN3O4. The number of benzene rings is 2. The molecule has 2 aliphatic rings. The van der Waals surface area contributed by atoms with Crippen molar-refractivity contribution in [2.24, 2.45) is 17.6 Å². The quantitative estimate of drug-likeness (QED) is 0.297. The van der Waals surface area contributed by atoms with Gasteiger partial charge in [-0.3, -0.25) is 14.6 Å². The van der Waals surface area contributed by atoms with Gasteiger partial charge in [0.2, 0.25) is 0 Å². The fourth-order valence-electron chi connectivity index (χ4n) is 6.00. The van der Waals surface area contributed by atoms with E-state index in [1.54, 1.807) is 18.3 Å². The number of nitrogens with zero attached hydrogens (tertiary/aromatic N) is 2. The Hall–Kier alpha value is -3.29. The molecule has 8 heteroatoms. The van der Waals surface area contributed by atoms with Crippen molar-refractivity contribution in [3.05, 3.63) is 76.9 Å². The highest BCUT2D eigenvalue weighted by atomic mass is 35.5. The summed E-state index contributed by atoms with van der Waals surface area (Å²) in [6.45, 7) is 2.72. The van der Waals surface area contributed by atoms with Crippen LogP contribution in [-0.4, -0.2) is 52.8 Å². The van der Waals surface area contributed by atoms with Gasteiger partial charge in [-0.1, -0.05) is 41.9 Å². The van der Waals surface area contributed by atoms with Crippen LogP contribution in [0.15, 0.2) is 60.8 Å². The van der Waals surface area contributed by atoms with Gasteiger partial charge in [-0.15, -0.1) is 0 Å². The summed E-state index contributed by atoms with van der Waals surface area (Å²) in [5.74, 6) is -0.540.